The van der Waals surface area contributed by atoms with Crippen LogP contribution in [0.5, 0.6) is 0 Å². The maximum Gasteiger partial charge on any atom is 0.299 e. The number of nitrogens with one attached hydrogen (secondary N) is 4. The third kappa shape index (κ3) is 8.58. The minimum absolute atomic E-state index is 0.00128. The van der Waals surface area contributed by atoms with Crippen LogP contribution >= 0.6 is 0 Å². The molecule has 3 aromatic carbocycles. The molecule has 0 spiro atoms. The topological polar surface area (TPSA) is 202 Å². The lowest BCUT2D eigenvalue weighted by atomic mass is 9.98. The Labute approximate surface area is 250 Å². The molecule has 1 saturated heterocycles. The van der Waals surface area contributed by atoms with Crippen molar-refractivity contribution in [1.82, 2.24) is 19.9 Å². The summed E-state index contributed by atoms with van der Waals surface area (Å²) in [5, 5.41) is 12.8. The van der Waals surface area contributed by atoms with Gasteiger partial charge in [-0.05, 0) is 71.8 Å². The number of benzene rings is 3. The molecular weight excluding hydrogens is 599 g/mol. The van der Waals surface area contributed by atoms with Crippen LogP contribution in [0.4, 0.5) is 4.39 Å². The Balaban J connectivity index is 0.000000996. The van der Waals surface area contributed by atoms with Crippen molar-refractivity contribution in [2.45, 2.75) is 30.2 Å². The van der Waals surface area contributed by atoms with Crippen LogP contribution in [0.2, 0.25) is 0 Å². The molecule has 2 unspecified atom stereocenters. The number of fused-ring (bicyclic) bond motifs is 2. The lowest BCUT2D eigenvalue weighted by Gasteiger charge is -2.33. The summed E-state index contributed by atoms with van der Waals surface area (Å²) >= 11 is -2.61. The SMILES string of the molecule is N=C(N)N1CCCC(CNC(=O)C(Cc2c[nH]c3ccc(F)cc23)NS(=O)(=O)c2ccc3ccccc3c2)C1.O=S(O)O. The number of aromatic nitrogens is 1. The van der Waals surface area contributed by atoms with Crippen LogP contribution in [-0.4, -0.2) is 69.2 Å². The Morgan fingerprint density at radius 1 is 1.16 bits per heavy atom. The predicted octanol–water partition coefficient (Wildman–Crippen LogP) is 2.75. The minimum atomic E-state index is -4.07. The van der Waals surface area contributed by atoms with E-state index in [0.717, 1.165) is 23.6 Å². The molecule has 12 nitrogen and oxygen atoms in total. The molecule has 2 heterocycles. The van der Waals surface area contributed by atoms with Crippen molar-refractivity contribution in [2.75, 3.05) is 19.6 Å². The number of guanidine groups is 1. The van der Waals surface area contributed by atoms with Gasteiger partial charge in [-0.15, -0.1) is 0 Å². The summed E-state index contributed by atoms with van der Waals surface area (Å²) in [5.41, 5.74) is 6.95. The van der Waals surface area contributed by atoms with Gasteiger partial charge in [0.25, 0.3) is 11.4 Å². The second kappa shape index (κ2) is 14.1. The lowest BCUT2D eigenvalue weighted by molar-refractivity contribution is -0.122. The van der Waals surface area contributed by atoms with Crippen LogP contribution in [-0.2, 0) is 32.6 Å². The number of sulfonamides is 1. The zero-order valence-electron chi connectivity index (χ0n) is 23.0. The van der Waals surface area contributed by atoms with Crippen LogP contribution < -0.4 is 15.8 Å². The van der Waals surface area contributed by atoms with E-state index < -0.39 is 39.2 Å². The lowest BCUT2D eigenvalue weighted by Crippen LogP contribution is -2.51. The molecular formula is C28H33FN6O6S2. The Kier molecular flexibility index (Phi) is 10.5. The van der Waals surface area contributed by atoms with Gasteiger partial charge >= 0.3 is 0 Å². The molecule has 2 atom stereocenters. The van der Waals surface area contributed by atoms with Crippen LogP contribution in [0.3, 0.4) is 0 Å². The number of carbonyl (C=O) groups is 1. The molecule has 1 fully saturated rings. The van der Waals surface area contributed by atoms with Gasteiger partial charge in [0.1, 0.15) is 11.9 Å². The normalized spacial score (nSPS) is 16.1. The van der Waals surface area contributed by atoms with Gasteiger partial charge in [-0.1, -0.05) is 30.3 Å². The molecule has 1 aromatic heterocycles. The highest BCUT2D eigenvalue weighted by atomic mass is 32.2. The van der Waals surface area contributed by atoms with Gasteiger partial charge in [0.15, 0.2) is 5.96 Å². The smallest absolute Gasteiger partial charge is 0.299 e. The van der Waals surface area contributed by atoms with E-state index in [2.05, 4.69) is 15.0 Å². The van der Waals surface area contributed by atoms with Gasteiger partial charge in [0.05, 0.1) is 4.90 Å². The van der Waals surface area contributed by atoms with E-state index in [1.165, 1.54) is 18.2 Å². The average Bonchev–Trinajstić information content (AvgIpc) is 3.36. The summed E-state index contributed by atoms with van der Waals surface area (Å²) in [5.74, 6) is -0.830. The molecule has 1 aliphatic heterocycles. The van der Waals surface area contributed by atoms with Gasteiger partial charge in [0, 0.05) is 36.7 Å². The monoisotopic (exact) mass is 632 g/mol. The van der Waals surface area contributed by atoms with Crippen molar-refractivity contribution in [3.05, 3.63) is 78.2 Å². The van der Waals surface area contributed by atoms with E-state index in [0.29, 0.717) is 36.1 Å². The number of H-pyrrole nitrogens is 1. The average molecular weight is 633 g/mol. The van der Waals surface area contributed by atoms with E-state index in [-0.39, 0.29) is 23.2 Å². The fraction of sp³-hybridized carbons (Fsp3) is 0.286. The van der Waals surface area contributed by atoms with Crippen molar-refractivity contribution in [3.63, 3.8) is 0 Å². The largest absolute Gasteiger partial charge is 0.370 e. The van der Waals surface area contributed by atoms with Crippen molar-refractivity contribution >= 4 is 54.9 Å². The second-order valence-corrected chi connectivity index (χ2v) is 12.4. The second-order valence-electron chi connectivity index (χ2n) is 10.2. The molecule has 0 saturated carbocycles. The van der Waals surface area contributed by atoms with E-state index >= 15 is 0 Å². The molecule has 15 heteroatoms. The number of aromatic amines is 1. The number of hydrogen-bond donors (Lipinski definition) is 7. The Bertz CT molecular complexity index is 1740. The first kappa shape index (κ1) is 32.0. The number of nitrogens with zero attached hydrogens (tertiary/aromatic N) is 1. The fourth-order valence-electron chi connectivity index (χ4n) is 5.14. The molecule has 0 radical (unpaired) electrons. The quantitative estimate of drug-likeness (QED) is 0.0873. The molecule has 1 amide bonds. The van der Waals surface area contributed by atoms with Crippen LogP contribution in [0, 0.1) is 17.1 Å². The van der Waals surface area contributed by atoms with Crippen molar-refractivity contribution < 1.29 is 30.9 Å². The van der Waals surface area contributed by atoms with Gasteiger partial charge in [0.2, 0.25) is 15.9 Å². The van der Waals surface area contributed by atoms with E-state index in [1.54, 1.807) is 29.3 Å². The number of rotatable bonds is 8. The summed E-state index contributed by atoms with van der Waals surface area (Å²) < 4.78 is 66.3. The van der Waals surface area contributed by atoms with Gasteiger partial charge in [-0.25, -0.2) is 12.8 Å². The fourth-order valence-corrected chi connectivity index (χ4v) is 6.37. The first-order valence-electron chi connectivity index (χ1n) is 13.4. The molecule has 4 aromatic rings. The number of likely N-dealkylation sites (tertiary alicyclic amines) is 1. The van der Waals surface area contributed by atoms with Crippen molar-refractivity contribution in [1.29, 1.82) is 5.41 Å². The third-order valence-corrected chi connectivity index (χ3v) is 8.69. The summed E-state index contributed by atoms with van der Waals surface area (Å²) in [6, 6.07) is 15.4. The van der Waals surface area contributed by atoms with Crippen LogP contribution in [0.25, 0.3) is 21.7 Å². The highest BCUT2D eigenvalue weighted by molar-refractivity contribution is 7.89. The number of halogens is 1. The number of amides is 1. The van der Waals surface area contributed by atoms with Gasteiger partial charge < -0.3 is 20.9 Å². The maximum absolute atomic E-state index is 14.0. The highest BCUT2D eigenvalue weighted by Crippen LogP contribution is 2.23. The standard InChI is InChI=1S/C28H31FN6O3S.H2O3S/c29-22-8-10-25-24(14-22)21(16-32-25)13-26(27(36)33-15-18-4-3-11-35(17-18)28(30)31)34-39(37,38)23-9-7-19-5-1-2-6-20(19)12-23;1-4(2)3/h1-2,5-10,12,14,16,18,26,32,34H,3-4,11,13,15,17H2,(H3,30,31)(H,33,36);(H2,1,2,3). The van der Waals surface area contributed by atoms with Crippen LogP contribution in [0.15, 0.2) is 71.8 Å². The number of piperidine rings is 1. The Morgan fingerprint density at radius 2 is 1.88 bits per heavy atom. The molecule has 8 N–H and O–H groups in total. The molecule has 0 bridgehead atoms. The summed E-state index contributed by atoms with van der Waals surface area (Å²) in [7, 11) is -4.07. The maximum atomic E-state index is 14.0. The highest BCUT2D eigenvalue weighted by Gasteiger charge is 2.29. The number of carbonyl (C=O) groups excluding carboxylic acids is 1. The van der Waals surface area contributed by atoms with Crippen molar-refractivity contribution in [3.8, 4) is 0 Å². The summed E-state index contributed by atoms with van der Waals surface area (Å²) in [6.07, 6.45) is 3.39. The first-order chi connectivity index (χ1) is 20.4. The molecule has 230 valence electrons. The molecule has 5 rings (SSSR count). The molecule has 43 heavy (non-hydrogen) atoms. The Morgan fingerprint density at radius 3 is 2.60 bits per heavy atom. The zero-order chi connectivity index (χ0) is 31.1. The summed E-state index contributed by atoms with van der Waals surface area (Å²) in [4.78, 5) is 18.3. The minimum Gasteiger partial charge on any atom is -0.370 e. The molecule has 1 aliphatic rings. The van der Waals surface area contributed by atoms with E-state index in [9.17, 15) is 17.6 Å². The number of nitrogens with two attached hydrogens (primary N) is 1. The Hall–Kier alpha value is -3.89. The third-order valence-electron chi connectivity index (χ3n) is 7.22. The van der Waals surface area contributed by atoms with Crippen LogP contribution in [0.1, 0.15) is 18.4 Å². The number of hydrogen-bond acceptors (Lipinski definition) is 5. The van der Waals surface area contributed by atoms with Crippen molar-refractivity contribution in [2.24, 2.45) is 11.7 Å². The molecule has 0 aliphatic carbocycles. The summed E-state index contributed by atoms with van der Waals surface area (Å²) in [6.45, 7) is 1.56. The van der Waals surface area contributed by atoms with Gasteiger partial charge in [-0.2, -0.15) is 8.93 Å². The zero-order valence-corrected chi connectivity index (χ0v) is 24.6. The van der Waals surface area contributed by atoms with E-state index in [4.69, 9.17) is 24.5 Å². The van der Waals surface area contributed by atoms with Gasteiger partial charge in [-0.3, -0.25) is 19.3 Å². The predicted molar refractivity (Wildman–Crippen MR) is 163 cm³/mol. The van der Waals surface area contributed by atoms with E-state index in [1.807, 2.05) is 24.3 Å². The first-order valence-corrected chi connectivity index (χ1v) is 15.9.